The van der Waals surface area contributed by atoms with Gasteiger partial charge in [-0.15, -0.1) is 0 Å². The van der Waals surface area contributed by atoms with Gasteiger partial charge in [-0.05, 0) is 139 Å². The van der Waals surface area contributed by atoms with Crippen LogP contribution in [0.3, 0.4) is 0 Å². The molecule has 12 rings (SSSR count). The molecule has 1 spiro atoms. The van der Waals surface area contributed by atoms with Gasteiger partial charge >= 0.3 is 0 Å². The average Bonchev–Trinajstić information content (AvgIpc) is 3.85. The maximum Gasteiger partial charge on any atom is 0.0726 e. The van der Waals surface area contributed by atoms with Crippen LogP contribution in [0.5, 0.6) is 0 Å². The second-order valence-corrected chi connectivity index (χ2v) is 17.6. The predicted octanol–water partition coefficient (Wildman–Crippen LogP) is 15.5. The molecule has 1 heteroatoms. The van der Waals surface area contributed by atoms with Crippen LogP contribution in [0.1, 0.15) is 92.2 Å². The van der Waals surface area contributed by atoms with Crippen molar-refractivity contribution in [1.29, 1.82) is 0 Å². The number of fused-ring (bicyclic) bond motifs is 13. The van der Waals surface area contributed by atoms with Gasteiger partial charge in [0.15, 0.2) is 0 Å². The molecule has 0 amide bonds. The molecule has 0 bridgehead atoms. The van der Waals surface area contributed by atoms with Crippen LogP contribution in [0.15, 0.2) is 182 Å². The molecule has 0 aliphatic heterocycles. The lowest BCUT2D eigenvalue weighted by molar-refractivity contribution is 0.443. The Balaban J connectivity index is 1.03. The minimum atomic E-state index is -0.453. The first kappa shape index (κ1) is 33.5. The highest BCUT2D eigenvalue weighted by molar-refractivity contribution is 5.96. The molecule has 0 saturated heterocycles. The van der Waals surface area contributed by atoms with Crippen LogP contribution in [0, 0.1) is 0 Å². The van der Waals surface area contributed by atoms with E-state index in [0.717, 1.165) is 48.3 Å². The van der Waals surface area contributed by atoms with Crippen molar-refractivity contribution in [1.82, 2.24) is 0 Å². The summed E-state index contributed by atoms with van der Waals surface area (Å²) in [6.07, 6.45) is 5.46. The Morgan fingerprint density at radius 1 is 0.407 bits per heavy atom. The van der Waals surface area contributed by atoms with Crippen molar-refractivity contribution >= 4 is 17.1 Å². The normalized spacial score (nSPS) is 16.9. The molecule has 0 aromatic heterocycles. The second kappa shape index (κ2) is 13.0. The fourth-order valence-electron chi connectivity index (χ4n) is 11.5. The molecule has 0 atom stereocenters. The quantitative estimate of drug-likeness (QED) is 0.169. The Morgan fingerprint density at radius 2 is 0.814 bits per heavy atom. The molecule has 284 valence electrons. The third-order valence-electron chi connectivity index (χ3n) is 14.3. The molecular weight excluding hydrogens is 711 g/mol. The smallest absolute Gasteiger partial charge is 0.0726 e. The molecule has 0 radical (unpaired) electrons. The summed E-state index contributed by atoms with van der Waals surface area (Å²) in [5, 5.41) is 0. The summed E-state index contributed by atoms with van der Waals surface area (Å²) in [6.45, 7) is 4.74. The summed E-state index contributed by atoms with van der Waals surface area (Å²) in [5.41, 5.74) is 22.4. The minimum Gasteiger partial charge on any atom is -0.310 e. The molecule has 4 aliphatic carbocycles. The van der Waals surface area contributed by atoms with Gasteiger partial charge in [0.05, 0.1) is 5.41 Å². The third kappa shape index (κ3) is 4.97. The molecule has 1 fully saturated rings. The lowest BCUT2D eigenvalue weighted by Crippen LogP contribution is -2.26. The molecule has 0 unspecified atom stereocenters. The van der Waals surface area contributed by atoms with E-state index in [2.05, 4.69) is 201 Å². The maximum atomic E-state index is 9.19. The van der Waals surface area contributed by atoms with E-state index >= 15 is 0 Å². The number of benzene rings is 8. The summed E-state index contributed by atoms with van der Waals surface area (Å²) in [6, 6.07) is 68.4. The van der Waals surface area contributed by atoms with Gasteiger partial charge in [0.1, 0.15) is 0 Å². The molecular formula is C58H47N. The second-order valence-electron chi connectivity index (χ2n) is 17.6. The Labute approximate surface area is 350 Å². The van der Waals surface area contributed by atoms with Crippen molar-refractivity contribution in [2.45, 2.75) is 62.7 Å². The predicted molar refractivity (Wildman–Crippen MR) is 246 cm³/mol. The van der Waals surface area contributed by atoms with E-state index in [9.17, 15) is 1.37 Å². The van der Waals surface area contributed by atoms with Gasteiger partial charge in [0.2, 0.25) is 0 Å². The third-order valence-corrected chi connectivity index (χ3v) is 14.3. The highest BCUT2D eigenvalue weighted by atomic mass is 15.1. The molecule has 1 saturated carbocycles. The fourth-order valence-corrected chi connectivity index (χ4v) is 11.5. The van der Waals surface area contributed by atoms with Gasteiger partial charge in [-0.1, -0.05) is 179 Å². The summed E-state index contributed by atoms with van der Waals surface area (Å²) >= 11 is 0. The van der Waals surface area contributed by atoms with E-state index in [1.807, 2.05) is 0 Å². The van der Waals surface area contributed by atoms with Gasteiger partial charge in [0.25, 0.3) is 0 Å². The monoisotopic (exact) mass is 758 g/mol. The van der Waals surface area contributed by atoms with Gasteiger partial charge in [-0.25, -0.2) is 0 Å². The van der Waals surface area contributed by atoms with Gasteiger partial charge < -0.3 is 4.90 Å². The fraction of sp³-hybridized carbons (Fsp3) is 0.172. The molecule has 0 N–H and O–H groups in total. The zero-order valence-electron chi connectivity index (χ0n) is 34.8. The first-order valence-electron chi connectivity index (χ1n) is 22.1. The summed E-state index contributed by atoms with van der Waals surface area (Å²) in [5.74, 6) is -0.453. The molecule has 4 aliphatic rings. The van der Waals surface area contributed by atoms with E-state index in [0.29, 0.717) is 0 Å². The van der Waals surface area contributed by atoms with Crippen LogP contribution in [-0.4, -0.2) is 0 Å². The molecule has 8 aromatic rings. The van der Waals surface area contributed by atoms with Crippen molar-refractivity contribution in [3.63, 3.8) is 0 Å². The number of rotatable bonds is 5. The largest absolute Gasteiger partial charge is 0.310 e. The van der Waals surface area contributed by atoms with Crippen LogP contribution in [-0.2, 0) is 10.8 Å². The summed E-state index contributed by atoms with van der Waals surface area (Å²) in [7, 11) is 0. The van der Waals surface area contributed by atoms with Crippen molar-refractivity contribution in [3.8, 4) is 44.5 Å². The standard InChI is InChI=1S/C58H47N/c1-57(2)51-20-10-6-16-45(51)49-34-32-43(36-55(49)57)59(42-30-28-41(29-31-42)40-26-24-39(25-27-40)38-14-4-3-5-15-38)44-33-35-50-48-19-9-13-23-54(48)58(56(50)37-44)52-21-11-7-17-46(52)47-18-8-12-22-53(47)58/h6-13,16-38H,3-5,14-15H2,1-2H3/i38D. The van der Waals surface area contributed by atoms with Gasteiger partial charge in [-0.3, -0.25) is 0 Å². The van der Waals surface area contributed by atoms with Crippen molar-refractivity contribution in [2.75, 3.05) is 4.90 Å². The average molecular weight is 759 g/mol. The van der Waals surface area contributed by atoms with Crippen LogP contribution in [0.25, 0.3) is 44.5 Å². The van der Waals surface area contributed by atoms with Crippen LogP contribution >= 0.6 is 0 Å². The Morgan fingerprint density at radius 3 is 1.36 bits per heavy atom. The highest BCUT2D eigenvalue weighted by Crippen LogP contribution is 2.63. The SMILES string of the molecule is [2H]C1(c2ccc(-c3ccc(N(c4ccc5c(c4)C(C)(C)c4ccccc4-5)c4ccc5c(c4)C4(c6ccccc6-c6ccccc64)c4ccccc4-5)cc3)cc2)CCCCC1. The van der Waals surface area contributed by atoms with E-state index in [1.54, 1.807) is 0 Å². The van der Waals surface area contributed by atoms with E-state index in [4.69, 9.17) is 0 Å². The van der Waals surface area contributed by atoms with E-state index in [1.165, 1.54) is 84.3 Å². The van der Waals surface area contributed by atoms with E-state index < -0.39 is 11.3 Å². The Bertz CT molecular complexity index is 2940. The molecule has 8 aromatic carbocycles. The molecule has 1 nitrogen and oxygen atoms in total. The number of hydrogen-bond acceptors (Lipinski definition) is 1. The number of hydrogen-bond donors (Lipinski definition) is 0. The summed E-state index contributed by atoms with van der Waals surface area (Å²) < 4.78 is 9.19. The summed E-state index contributed by atoms with van der Waals surface area (Å²) in [4.78, 5) is 2.48. The Kier molecular flexibility index (Phi) is 7.41. The molecule has 0 heterocycles. The van der Waals surface area contributed by atoms with Crippen LogP contribution in [0.2, 0.25) is 0 Å². The lowest BCUT2D eigenvalue weighted by Gasteiger charge is -2.32. The maximum absolute atomic E-state index is 9.19. The van der Waals surface area contributed by atoms with Crippen LogP contribution in [0.4, 0.5) is 17.1 Å². The highest BCUT2D eigenvalue weighted by Gasteiger charge is 2.51. The molecule has 59 heavy (non-hydrogen) atoms. The first-order valence-corrected chi connectivity index (χ1v) is 21.6. The minimum absolute atomic E-state index is 0.125. The first-order chi connectivity index (χ1) is 29.4. The Hall–Kier alpha value is -6.44. The number of nitrogens with zero attached hydrogens (tertiary/aromatic N) is 1. The van der Waals surface area contributed by atoms with E-state index in [-0.39, 0.29) is 5.41 Å². The van der Waals surface area contributed by atoms with Crippen LogP contribution < -0.4 is 4.90 Å². The van der Waals surface area contributed by atoms with Crippen molar-refractivity contribution in [3.05, 3.63) is 221 Å². The van der Waals surface area contributed by atoms with Gasteiger partial charge in [-0.2, -0.15) is 0 Å². The lowest BCUT2D eigenvalue weighted by atomic mass is 9.70. The zero-order valence-corrected chi connectivity index (χ0v) is 33.8. The number of anilines is 3. The van der Waals surface area contributed by atoms with Crippen molar-refractivity contribution < 1.29 is 1.37 Å². The zero-order chi connectivity index (χ0) is 40.2. The van der Waals surface area contributed by atoms with Crippen molar-refractivity contribution in [2.24, 2.45) is 0 Å². The topological polar surface area (TPSA) is 3.24 Å². The van der Waals surface area contributed by atoms with Gasteiger partial charge in [0, 0.05) is 23.8 Å².